The van der Waals surface area contributed by atoms with E-state index in [1.54, 1.807) is 0 Å². The van der Waals surface area contributed by atoms with Gasteiger partial charge in [0, 0.05) is 5.97 Å². The Kier molecular flexibility index (Phi) is 15.6. The van der Waals surface area contributed by atoms with Gasteiger partial charge in [-0.3, -0.25) is 0 Å². The molecular weight excluding hydrogens is 298 g/mol. The predicted molar refractivity (Wildman–Crippen MR) is 102 cm³/mol. The summed E-state index contributed by atoms with van der Waals surface area (Å²) in [6, 6.07) is 0. The van der Waals surface area contributed by atoms with Crippen LogP contribution in [-0.4, -0.2) is 36.6 Å². The average molecular weight is 342 g/mol. The number of unbranched alkanes of at least 4 members (excludes halogenated alkanes) is 11. The number of nitrogens with zero attached hydrogens (tertiary/aromatic N) is 1. The molecule has 0 spiro atoms. The zero-order valence-electron chi connectivity index (χ0n) is 16.8. The van der Waals surface area contributed by atoms with E-state index in [1.165, 1.54) is 94.9 Å². The molecule has 0 unspecified atom stereocenters. The van der Waals surface area contributed by atoms with Gasteiger partial charge in [0.1, 0.15) is 0 Å². The van der Waals surface area contributed by atoms with E-state index in [2.05, 4.69) is 20.8 Å². The minimum atomic E-state index is -0.904. The molecule has 0 aromatic carbocycles. The van der Waals surface area contributed by atoms with Crippen molar-refractivity contribution >= 4 is 5.97 Å². The summed E-state index contributed by atoms with van der Waals surface area (Å²) < 4.78 is 1.29. The summed E-state index contributed by atoms with van der Waals surface area (Å²) in [5, 5.41) is 10.3. The number of aliphatic carboxylic acids is 1. The van der Waals surface area contributed by atoms with Gasteiger partial charge in [0.25, 0.3) is 0 Å². The van der Waals surface area contributed by atoms with E-state index in [9.17, 15) is 9.90 Å². The van der Waals surface area contributed by atoms with Gasteiger partial charge in [0.05, 0.1) is 26.2 Å². The Hall–Kier alpha value is -0.570. The molecule has 0 atom stereocenters. The fourth-order valence-electron chi connectivity index (χ4n) is 3.63. The van der Waals surface area contributed by atoms with Crippen molar-refractivity contribution in [2.75, 3.05) is 26.2 Å². The summed E-state index contributed by atoms with van der Waals surface area (Å²) in [6.07, 6.45) is 15.5. The second-order valence-electron chi connectivity index (χ2n) is 7.38. The van der Waals surface area contributed by atoms with E-state index in [-0.39, 0.29) is 6.42 Å². The molecule has 0 heterocycles. The number of hydrogen-bond acceptors (Lipinski definition) is 2. The maximum absolute atomic E-state index is 10.3. The van der Waals surface area contributed by atoms with Crippen LogP contribution in [0.25, 0.3) is 0 Å². The third-order valence-electron chi connectivity index (χ3n) is 5.78. The van der Waals surface area contributed by atoms with Crippen LogP contribution in [0.5, 0.6) is 0 Å². The molecule has 0 bridgehead atoms. The number of carboxylic acid groups (broad SMARTS) is 1. The Bertz CT molecular complexity index is 279. The summed E-state index contributed by atoms with van der Waals surface area (Å²) in [7, 11) is 0. The molecule has 3 nitrogen and oxygen atoms in total. The van der Waals surface area contributed by atoms with Crippen molar-refractivity contribution in [1.29, 1.82) is 0 Å². The summed E-state index contributed by atoms with van der Waals surface area (Å²) in [4.78, 5) is 10.3. The Morgan fingerprint density at radius 3 is 1.29 bits per heavy atom. The number of carbonyl (C=O) groups is 1. The normalized spacial score (nSPS) is 11.8. The van der Waals surface area contributed by atoms with Gasteiger partial charge < -0.3 is 14.4 Å². The maximum atomic E-state index is 10.3. The van der Waals surface area contributed by atoms with Crippen molar-refractivity contribution in [3.05, 3.63) is 0 Å². The number of hydrogen-bond donors (Lipinski definition) is 0. The van der Waals surface area contributed by atoms with E-state index in [4.69, 9.17) is 0 Å². The zero-order chi connectivity index (χ0) is 18.1. The lowest BCUT2D eigenvalue weighted by molar-refractivity contribution is -0.923. The Morgan fingerprint density at radius 2 is 0.958 bits per heavy atom. The minimum absolute atomic E-state index is 0.231. The van der Waals surface area contributed by atoms with Crippen LogP contribution in [-0.2, 0) is 4.79 Å². The highest BCUT2D eigenvalue weighted by Crippen LogP contribution is 2.14. The van der Waals surface area contributed by atoms with Crippen LogP contribution in [0.4, 0.5) is 0 Å². The second kappa shape index (κ2) is 15.9. The molecule has 0 aliphatic heterocycles. The van der Waals surface area contributed by atoms with Gasteiger partial charge in [-0.15, -0.1) is 0 Å². The van der Waals surface area contributed by atoms with Gasteiger partial charge in [-0.2, -0.15) is 0 Å². The van der Waals surface area contributed by atoms with Gasteiger partial charge in [-0.1, -0.05) is 57.8 Å². The standard InChI is InChI=1S/C21H43NO2/c1-4-22(5-2,6-3)20-18-16-14-12-10-8-7-9-11-13-15-17-19-21(23)24/h4-20H2,1-3H3. The average Bonchev–Trinajstić information content (AvgIpc) is 2.59. The van der Waals surface area contributed by atoms with Gasteiger partial charge in [0.15, 0.2) is 0 Å². The van der Waals surface area contributed by atoms with Gasteiger partial charge >= 0.3 is 0 Å². The molecule has 0 aliphatic carbocycles. The van der Waals surface area contributed by atoms with Crippen molar-refractivity contribution in [3.63, 3.8) is 0 Å². The van der Waals surface area contributed by atoms with E-state index in [0.717, 1.165) is 12.8 Å². The fourth-order valence-corrected chi connectivity index (χ4v) is 3.63. The van der Waals surface area contributed by atoms with Crippen LogP contribution in [0.15, 0.2) is 0 Å². The number of carboxylic acids is 1. The van der Waals surface area contributed by atoms with E-state index < -0.39 is 5.97 Å². The molecule has 0 amide bonds. The van der Waals surface area contributed by atoms with Crippen LogP contribution >= 0.6 is 0 Å². The minimum Gasteiger partial charge on any atom is -0.550 e. The first-order valence-electron chi connectivity index (χ1n) is 10.6. The lowest BCUT2D eigenvalue weighted by Gasteiger charge is -2.35. The molecule has 0 fully saturated rings. The number of quaternary nitrogens is 1. The molecule has 24 heavy (non-hydrogen) atoms. The lowest BCUT2D eigenvalue weighted by atomic mass is 10.0. The number of carbonyl (C=O) groups excluding carboxylic acids is 1. The first-order valence-corrected chi connectivity index (χ1v) is 10.6. The Morgan fingerprint density at radius 1 is 0.625 bits per heavy atom. The van der Waals surface area contributed by atoms with Crippen LogP contribution in [0.2, 0.25) is 0 Å². The molecule has 0 aromatic rings. The van der Waals surface area contributed by atoms with Gasteiger partial charge in [0.2, 0.25) is 0 Å². The quantitative estimate of drug-likeness (QED) is 0.268. The molecule has 0 rings (SSSR count). The topological polar surface area (TPSA) is 40.1 Å². The summed E-state index contributed by atoms with van der Waals surface area (Å²) in [5.74, 6) is -0.904. The Labute approximate surface area is 151 Å². The highest BCUT2D eigenvalue weighted by Gasteiger charge is 2.19. The molecule has 0 radical (unpaired) electrons. The van der Waals surface area contributed by atoms with Gasteiger partial charge in [-0.05, 0) is 46.5 Å². The molecule has 0 saturated carbocycles. The van der Waals surface area contributed by atoms with Gasteiger partial charge in [-0.25, -0.2) is 0 Å². The summed E-state index contributed by atoms with van der Waals surface area (Å²) >= 11 is 0. The smallest absolute Gasteiger partial charge is 0.0786 e. The summed E-state index contributed by atoms with van der Waals surface area (Å²) in [5.41, 5.74) is 0. The van der Waals surface area contributed by atoms with Crippen LogP contribution in [0.3, 0.4) is 0 Å². The molecule has 0 aromatic heterocycles. The highest BCUT2D eigenvalue weighted by molar-refractivity contribution is 5.63. The van der Waals surface area contributed by atoms with Crippen molar-refractivity contribution in [2.24, 2.45) is 0 Å². The SMILES string of the molecule is CC[N+](CC)(CC)CCCCCCCCCCCCCCC(=O)[O-]. The third-order valence-corrected chi connectivity index (χ3v) is 5.78. The first kappa shape index (κ1) is 23.4. The zero-order valence-corrected chi connectivity index (χ0v) is 16.8. The van der Waals surface area contributed by atoms with Crippen molar-refractivity contribution < 1.29 is 14.4 Å². The van der Waals surface area contributed by atoms with Crippen molar-refractivity contribution in [3.8, 4) is 0 Å². The molecule has 0 saturated heterocycles. The predicted octanol–water partition coefficient (Wildman–Crippen LogP) is 4.68. The first-order chi connectivity index (χ1) is 11.6. The number of rotatable bonds is 18. The molecule has 3 heteroatoms. The van der Waals surface area contributed by atoms with E-state index in [1.807, 2.05) is 0 Å². The maximum Gasteiger partial charge on any atom is 0.0786 e. The highest BCUT2D eigenvalue weighted by atomic mass is 16.4. The van der Waals surface area contributed by atoms with Crippen LogP contribution in [0, 0.1) is 0 Å². The summed E-state index contributed by atoms with van der Waals surface area (Å²) in [6.45, 7) is 12.2. The molecule has 144 valence electrons. The van der Waals surface area contributed by atoms with Crippen LogP contribution in [0.1, 0.15) is 104 Å². The lowest BCUT2D eigenvalue weighted by Crippen LogP contribution is -2.48. The molecule has 0 N–H and O–H groups in total. The largest absolute Gasteiger partial charge is 0.550 e. The van der Waals surface area contributed by atoms with Crippen molar-refractivity contribution in [2.45, 2.75) is 104 Å². The third kappa shape index (κ3) is 12.8. The monoisotopic (exact) mass is 341 g/mol. The van der Waals surface area contributed by atoms with E-state index in [0.29, 0.717) is 0 Å². The van der Waals surface area contributed by atoms with Crippen LogP contribution < -0.4 is 5.11 Å². The fraction of sp³-hybridized carbons (Fsp3) is 0.952. The molecular formula is C21H43NO2. The van der Waals surface area contributed by atoms with E-state index >= 15 is 0 Å². The van der Waals surface area contributed by atoms with Crippen molar-refractivity contribution in [1.82, 2.24) is 0 Å². The molecule has 0 aliphatic rings. The second-order valence-corrected chi connectivity index (χ2v) is 7.38. The Balaban J connectivity index is 3.27.